The van der Waals surface area contributed by atoms with Gasteiger partial charge in [0.05, 0.1) is 11.4 Å². The van der Waals surface area contributed by atoms with Gasteiger partial charge in [0.2, 0.25) is 5.95 Å². The predicted octanol–water partition coefficient (Wildman–Crippen LogP) is 1.82. The first kappa shape index (κ1) is 15.7. The molecule has 2 aromatic rings. The van der Waals surface area contributed by atoms with Gasteiger partial charge in [-0.05, 0) is 30.2 Å². The van der Waals surface area contributed by atoms with E-state index in [0.29, 0.717) is 18.2 Å². The summed E-state index contributed by atoms with van der Waals surface area (Å²) in [7, 11) is 1.67. The van der Waals surface area contributed by atoms with Crippen LogP contribution in [0.1, 0.15) is 11.1 Å². The number of benzene rings is 1. The zero-order chi connectivity index (χ0) is 15.9. The van der Waals surface area contributed by atoms with Gasteiger partial charge in [-0.1, -0.05) is 12.1 Å². The Morgan fingerprint density at radius 1 is 1.36 bits per heavy atom. The third-order valence-electron chi connectivity index (χ3n) is 3.22. The van der Waals surface area contributed by atoms with Crippen molar-refractivity contribution in [2.75, 3.05) is 12.4 Å². The molecule has 0 amide bonds. The van der Waals surface area contributed by atoms with Crippen LogP contribution in [0.2, 0.25) is 0 Å². The molecule has 0 unspecified atom stereocenters. The molecule has 1 aromatic carbocycles. The van der Waals surface area contributed by atoms with Gasteiger partial charge >= 0.3 is 0 Å². The molecule has 2 rings (SSSR count). The Kier molecular flexibility index (Phi) is 5.21. The Morgan fingerprint density at radius 2 is 2.18 bits per heavy atom. The van der Waals surface area contributed by atoms with Crippen molar-refractivity contribution in [2.24, 2.45) is 16.5 Å². The van der Waals surface area contributed by atoms with Crippen LogP contribution in [0.3, 0.4) is 0 Å². The highest BCUT2D eigenvalue weighted by Gasteiger charge is 2.05. The Morgan fingerprint density at radius 3 is 2.82 bits per heavy atom. The molecule has 0 saturated heterocycles. The lowest BCUT2D eigenvalue weighted by Crippen LogP contribution is -2.07. The molecule has 0 fully saturated rings. The number of nitrogens with zero attached hydrogens (tertiary/aromatic N) is 3. The van der Waals surface area contributed by atoms with Crippen molar-refractivity contribution in [2.45, 2.75) is 13.5 Å². The topological polar surface area (TPSA) is 102 Å². The largest absolute Gasteiger partial charge is 0.403 e. The average Bonchev–Trinajstić information content (AvgIpc) is 2.54. The van der Waals surface area contributed by atoms with E-state index in [1.807, 2.05) is 25.1 Å². The molecule has 1 aromatic heterocycles. The maximum absolute atomic E-state index is 5.70. The third-order valence-corrected chi connectivity index (χ3v) is 3.22. The number of allylic oxidation sites excluding steroid dienone is 1. The standard InChI is InChI=1S/C16H20N6/c1-11-7-12(3-4-13(11)8-17)15-5-6-20-16(22-15)21-14(9-18)10-19-2/h3-7,9-10H,8,17-18H2,1-2H3,(H,20,21,22). The zero-order valence-electron chi connectivity index (χ0n) is 12.7. The second kappa shape index (κ2) is 7.33. The lowest BCUT2D eigenvalue weighted by molar-refractivity contribution is 1.05. The summed E-state index contributed by atoms with van der Waals surface area (Å²) in [5.41, 5.74) is 16.0. The van der Waals surface area contributed by atoms with Crippen LogP contribution in [0.4, 0.5) is 5.95 Å². The molecule has 5 N–H and O–H groups in total. The summed E-state index contributed by atoms with van der Waals surface area (Å²) >= 11 is 0. The maximum Gasteiger partial charge on any atom is 0.227 e. The van der Waals surface area contributed by atoms with Crippen molar-refractivity contribution < 1.29 is 0 Å². The molecule has 0 atom stereocenters. The summed E-state index contributed by atoms with van der Waals surface area (Å²) in [6.45, 7) is 2.57. The number of nitrogens with one attached hydrogen (secondary N) is 1. The highest BCUT2D eigenvalue weighted by Crippen LogP contribution is 2.21. The molecule has 0 aliphatic rings. The first-order valence-electron chi connectivity index (χ1n) is 6.92. The number of anilines is 1. The second-order valence-corrected chi connectivity index (χ2v) is 4.75. The predicted molar refractivity (Wildman–Crippen MR) is 90.4 cm³/mol. The van der Waals surface area contributed by atoms with Gasteiger partial charge in [-0.2, -0.15) is 0 Å². The lowest BCUT2D eigenvalue weighted by Gasteiger charge is -2.09. The highest BCUT2D eigenvalue weighted by molar-refractivity contribution is 5.82. The summed E-state index contributed by atoms with van der Waals surface area (Å²) in [4.78, 5) is 12.6. The molecular formula is C16H20N6. The van der Waals surface area contributed by atoms with Crippen LogP contribution in [0.15, 0.2) is 47.4 Å². The SMILES string of the molecule is CN=CC(=CN)Nc1nccc(-c2ccc(CN)c(C)c2)n1. The monoisotopic (exact) mass is 296 g/mol. The summed E-state index contributed by atoms with van der Waals surface area (Å²) < 4.78 is 0. The van der Waals surface area contributed by atoms with Crippen LogP contribution < -0.4 is 16.8 Å². The molecule has 22 heavy (non-hydrogen) atoms. The first-order chi connectivity index (χ1) is 10.7. The van der Waals surface area contributed by atoms with E-state index in [-0.39, 0.29) is 0 Å². The van der Waals surface area contributed by atoms with Crippen molar-refractivity contribution in [3.63, 3.8) is 0 Å². The quantitative estimate of drug-likeness (QED) is 0.730. The Bertz CT molecular complexity index is 706. The van der Waals surface area contributed by atoms with Gasteiger partial charge < -0.3 is 16.8 Å². The molecule has 114 valence electrons. The van der Waals surface area contributed by atoms with E-state index in [1.54, 1.807) is 19.5 Å². The number of aromatic nitrogens is 2. The van der Waals surface area contributed by atoms with Crippen LogP contribution in [0.25, 0.3) is 11.3 Å². The molecule has 0 radical (unpaired) electrons. The minimum atomic E-state index is 0.467. The van der Waals surface area contributed by atoms with E-state index in [4.69, 9.17) is 11.5 Å². The number of hydrogen-bond acceptors (Lipinski definition) is 6. The van der Waals surface area contributed by atoms with Crippen LogP contribution in [-0.2, 0) is 6.54 Å². The Balaban J connectivity index is 2.30. The second-order valence-electron chi connectivity index (χ2n) is 4.75. The molecule has 0 bridgehead atoms. The van der Waals surface area contributed by atoms with Crippen LogP contribution >= 0.6 is 0 Å². The van der Waals surface area contributed by atoms with Crippen molar-refractivity contribution in [1.82, 2.24) is 9.97 Å². The fourth-order valence-corrected chi connectivity index (χ4v) is 2.05. The van der Waals surface area contributed by atoms with Crippen molar-refractivity contribution in [1.29, 1.82) is 0 Å². The van der Waals surface area contributed by atoms with E-state index in [0.717, 1.165) is 22.4 Å². The maximum atomic E-state index is 5.70. The van der Waals surface area contributed by atoms with Crippen LogP contribution in [-0.4, -0.2) is 23.2 Å². The normalized spacial score (nSPS) is 11.9. The fourth-order valence-electron chi connectivity index (χ4n) is 2.05. The Hall–Kier alpha value is -2.73. The number of hydrogen-bond donors (Lipinski definition) is 3. The zero-order valence-corrected chi connectivity index (χ0v) is 12.7. The minimum absolute atomic E-state index is 0.467. The van der Waals surface area contributed by atoms with Gasteiger partial charge in [0, 0.05) is 37.8 Å². The summed E-state index contributed by atoms with van der Waals surface area (Å²) in [5.74, 6) is 0.467. The van der Waals surface area contributed by atoms with E-state index in [2.05, 4.69) is 26.3 Å². The van der Waals surface area contributed by atoms with Crippen molar-refractivity contribution >= 4 is 12.2 Å². The number of aliphatic imine (C=N–C) groups is 1. The fraction of sp³-hybridized carbons (Fsp3) is 0.188. The van der Waals surface area contributed by atoms with E-state index < -0.39 is 0 Å². The lowest BCUT2D eigenvalue weighted by atomic mass is 10.0. The number of rotatable bonds is 5. The van der Waals surface area contributed by atoms with E-state index >= 15 is 0 Å². The van der Waals surface area contributed by atoms with Crippen molar-refractivity contribution in [3.8, 4) is 11.3 Å². The smallest absolute Gasteiger partial charge is 0.227 e. The summed E-state index contributed by atoms with van der Waals surface area (Å²) in [6, 6.07) is 7.96. The summed E-state index contributed by atoms with van der Waals surface area (Å²) in [5, 5.41) is 3.02. The molecule has 0 aliphatic heterocycles. The highest BCUT2D eigenvalue weighted by atomic mass is 15.1. The van der Waals surface area contributed by atoms with Crippen molar-refractivity contribution in [3.05, 3.63) is 53.5 Å². The minimum Gasteiger partial charge on any atom is -0.403 e. The van der Waals surface area contributed by atoms with Gasteiger partial charge in [0.25, 0.3) is 0 Å². The molecule has 0 aliphatic carbocycles. The first-order valence-corrected chi connectivity index (χ1v) is 6.92. The van der Waals surface area contributed by atoms with Crippen LogP contribution in [0.5, 0.6) is 0 Å². The van der Waals surface area contributed by atoms with Gasteiger partial charge in [-0.15, -0.1) is 0 Å². The molecular weight excluding hydrogens is 276 g/mol. The number of aryl methyl sites for hydroxylation is 1. The summed E-state index contributed by atoms with van der Waals surface area (Å²) in [6.07, 6.45) is 4.73. The molecule has 1 heterocycles. The Labute approximate surface area is 130 Å². The van der Waals surface area contributed by atoms with Gasteiger partial charge in [0.15, 0.2) is 0 Å². The molecule has 6 heteroatoms. The number of nitrogens with two attached hydrogens (primary N) is 2. The molecule has 6 nitrogen and oxygen atoms in total. The van der Waals surface area contributed by atoms with Crippen LogP contribution in [0, 0.1) is 6.92 Å². The van der Waals surface area contributed by atoms with Gasteiger partial charge in [0.1, 0.15) is 0 Å². The van der Waals surface area contributed by atoms with Gasteiger partial charge in [-0.25, -0.2) is 9.97 Å². The average molecular weight is 296 g/mol. The van der Waals surface area contributed by atoms with E-state index in [1.165, 1.54) is 6.20 Å². The molecule has 0 saturated carbocycles. The van der Waals surface area contributed by atoms with Gasteiger partial charge in [-0.3, -0.25) is 4.99 Å². The van der Waals surface area contributed by atoms with E-state index in [9.17, 15) is 0 Å². The third kappa shape index (κ3) is 3.67. The molecule has 0 spiro atoms.